The Hall–Kier alpha value is -3.60. The molecule has 4 rings (SSSR count). The van der Waals surface area contributed by atoms with Gasteiger partial charge in [0.1, 0.15) is 11.6 Å². The Morgan fingerprint density at radius 1 is 1.00 bits per heavy atom. The maximum Gasteiger partial charge on any atom is 0.338 e. The molecular formula is C24H22N2O3. The Morgan fingerprint density at radius 2 is 1.76 bits per heavy atom. The molecule has 146 valence electrons. The minimum absolute atomic E-state index is 0.320. The predicted molar refractivity (Wildman–Crippen MR) is 113 cm³/mol. The number of methoxy groups -OCH3 is 1. The molecule has 0 unspecified atom stereocenters. The molecular weight excluding hydrogens is 364 g/mol. The number of fused-ring (bicyclic) bond motifs is 1. The van der Waals surface area contributed by atoms with Gasteiger partial charge in [-0.2, -0.15) is 0 Å². The number of ether oxygens (including phenoxy) is 2. The van der Waals surface area contributed by atoms with Crippen LogP contribution in [0.5, 0.6) is 5.75 Å². The molecule has 0 spiro atoms. The van der Waals surface area contributed by atoms with E-state index in [1.165, 1.54) is 0 Å². The molecule has 0 aliphatic rings. The molecule has 1 aromatic heterocycles. The first kappa shape index (κ1) is 18.7. The molecule has 0 fully saturated rings. The van der Waals surface area contributed by atoms with Crippen molar-refractivity contribution in [3.8, 4) is 11.4 Å². The van der Waals surface area contributed by atoms with Crippen molar-refractivity contribution in [2.24, 2.45) is 0 Å². The number of para-hydroxylation sites is 1. The highest BCUT2D eigenvalue weighted by molar-refractivity contribution is 5.94. The quantitative estimate of drug-likeness (QED) is 0.449. The molecule has 0 atom stereocenters. The Morgan fingerprint density at radius 3 is 2.48 bits per heavy atom. The number of benzene rings is 3. The van der Waals surface area contributed by atoms with Gasteiger partial charge in [0, 0.05) is 12.1 Å². The molecule has 0 aliphatic carbocycles. The lowest BCUT2D eigenvalue weighted by Crippen LogP contribution is -2.08. The summed E-state index contributed by atoms with van der Waals surface area (Å²) >= 11 is 0. The fourth-order valence-electron chi connectivity index (χ4n) is 3.37. The summed E-state index contributed by atoms with van der Waals surface area (Å²) in [7, 11) is 1.64. The van der Waals surface area contributed by atoms with Crippen LogP contribution in [0.2, 0.25) is 0 Å². The van der Waals surface area contributed by atoms with E-state index in [1.807, 2.05) is 67.6 Å². The van der Waals surface area contributed by atoms with Gasteiger partial charge in [0.25, 0.3) is 0 Å². The second-order valence-electron chi connectivity index (χ2n) is 6.77. The van der Waals surface area contributed by atoms with Crippen LogP contribution in [-0.2, 0) is 11.2 Å². The van der Waals surface area contributed by atoms with Crippen molar-refractivity contribution < 1.29 is 14.3 Å². The monoisotopic (exact) mass is 386 g/mol. The molecule has 0 aliphatic heterocycles. The van der Waals surface area contributed by atoms with E-state index < -0.39 is 0 Å². The van der Waals surface area contributed by atoms with Gasteiger partial charge in [-0.25, -0.2) is 9.78 Å². The SMILES string of the molecule is COc1ccc(CCOC(=O)c2ccc3c(c2)nc(C)n3-c2ccccc2)cc1. The minimum Gasteiger partial charge on any atom is -0.497 e. The van der Waals surface area contributed by atoms with Crippen molar-refractivity contribution in [2.45, 2.75) is 13.3 Å². The summed E-state index contributed by atoms with van der Waals surface area (Å²) in [5.41, 5.74) is 4.37. The van der Waals surface area contributed by atoms with Gasteiger partial charge in [0.15, 0.2) is 0 Å². The van der Waals surface area contributed by atoms with E-state index in [9.17, 15) is 4.79 Å². The molecule has 0 bridgehead atoms. The average molecular weight is 386 g/mol. The van der Waals surface area contributed by atoms with E-state index in [0.29, 0.717) is 18.6 Å². The largest absolute Gasteiger partial charge is 0.497 e. The lowest BCUT2D eigenvalue weighted by atomic mass is 10.1. The van der Waals surface area contributed by atoms with Gasteiger partial charge in [-0.15, -0.1) is 0 Å². The zero-order valence-corrected chi connectivity index (χ0v) is 16.5. The first-order valence-corrected chi connectivity index (χ1v) is 9.50. The van der Waals surface area contributed by atoms with Gasteiger partial charge < -0.3 is 9.47 Å². The smallest absolute Gasteiger partial charge is 0.338 e. The number of aromatic nitrogens is 2. The van der Waals surface area contributed by atoms with E-state index in [0.717, 1.165) is 33.9 Å². The van der Waals surface area contributed by atoms with Crippen molar-refractivity contribution in [1.29, 1.82) is 0 Å². The number of nitrogens with zero attached hydrogens (tertiary/aromatic N) is 2. The second-order valence-corrected chi connectivity index (χ2v) is 6.77. The fraction of sp³-hybridized carbons (Fsp3) is 0.167. The standard InChI is InChI=1S/C24H22N2O3/c1-17-25-22-16-19(10-13-23(22)26(17)20-6-4-3-5-7-20)24(27)29-15-14-18-8-11-21(28-2)12-9-18/h3-13,16H,14-15H2,1-2H3. The third kappa shape index (κ3) is 3.99. The molecule has 5 heteroatoms. The average Bonchev–Trinajstić information content (AvgIpc) is 3.09. The lowest BCUT2D eigenvalue weighted by Gasteiger charge is -2.08. The number of imidazole rings is 1. The van der Waals surface area contributed by atoms with E-state index in [1.54, 1.807) is 19.2 Å². The number of hydrogen-bond donors (Lipinski definition) is 0. The zero-order valence-electron chi connectivity index (χ0n) is 16.5. The summed E-state index contributed by atoms with van der Waals surface area (Å²) < 4.78 is 12.7. The minimum atomic E-state index is -0.340. The van der Waals surface area contributed by atoms with Crippen LogP contribution in [0, 0.1) is 6.92 Å². The van der Waals surface area contributed by atoms with Crippen LogP contribution in [0.3, 0.4) is 0 Å². The molecule has 0 amide bonds. The number of esters is 1. The van der Waals surface area contributed by atoms with Crippen molar-refractivity contribution in [1.82, 2.24) is 9.55 Å². The van der Waals surface area contributed by atoms with Crippen LogP contribution in [-0.4, -0.2) is 29.2 Å². The third-order valence-electron chi connectivity index (χ3n) is 4.86. The summed E-state index contributed by atoms with van der Waals surface area (Å²) in [4.78, 5) is 17.1. The highest BCUT2D eigenvalue weighted by atomic mass is 16.5. The Bertz CT molecular complexity index is 1130. The summed E-state index contributed by atoms with van der Waals surface area (Å²) in [6, 6.07) is 23.3. The van der Waals surface area contributed by atoms with Gasteiger partial charge in [-0.05, 0) is 55.0 Å². The molecule has 1 heterocycles. The maximum absolute atomic E-state index is 12.5. The molecule has 4 aromatic rings. The van der Waals surface area contributed by atoms with Gasteiger partial charge in [-0.3, -0.25) is 4.57 Å². The van der Waals surface area contributed by atoms with Crippen LogP contribution < -0.4 is 4.74 Å². The number of carbonyl (C=O) groups excluding carboxylic acids is 1. The second kappa shape index (κ2) is 8.19. The highest BCUT2D eigenvalue weighted by Gasteiger charge is 2.13. The Labute approximate surface area is 169 Å². The predicted octanol–water partition coefficient (Wildman–Crippen LogP) is 4.74. The molecule has 3 aromatic carbocycles. The van der Waals surface area contributed by atoms with Crippen LogP contribution in [0.4, 0.5) is 0 Å². The number of carbonyl (C=O) groups is 1. The van der Waals surface area contributed by atoms with Crippen LogP contribution in [0.15, 0.2) is 72.8 Å². The van der Waals surface area contributed by atoms with Crippen LogP contribution in [0.25, 0.3) is 16.7 Å². The summed E-state index contributed by atoms with van der Waals surface area (Å²) in [5, 5.41) is 0. The molecule has 0 N–H and O–H groups in total. The Balaban J connectivity index is 1.47. The van der Waals surface area contributed by atoms with E-state index in [-0.39, 0.29) is 5.97 Å². The molecule has 5 nitrogen and oxygen atoms in total. The fourth-order valence-corrected chi connectivity index (χ4v) is 3.37. The highest BCUT2D eigenvalue weighted by Crippen LogP contribution is 2.22. The third-order valence-corrected chi connectivity index (χ3v) is 4.86. The van der Waals surface area contributed by atoms with Gasteiger partial charge in [0.05, 0.1) is 30.3 Å². The number of aryl methyl sites for hydroxylation is 1. The number of rotatable bonds is 6. The Kier molecular flexibility index (Phi) is 5.29. The van der Waals surface area contributed by atoms with Crippen molar-refractivity contribution in [2.75, 3.05) is 13.7 Å². The van der Waals surface area contributed by atoms with Gasteiger partial charge >= 0.3 is 5.97 Å². The summed E-state index contributed by atoms with van der Waals surface area (Å²) in [6.45, 7) is 2.28. The van der Waals surface area contributed by atoms with Crippen molar-refractivity contribution in [3.63, 3.8) is 0 Å². The van der Waals surface area contributed by atoms with Gasteiger partial charge in [0.2, 0.25) is 0 Å². The topological polar surface area (TPSA) is 53.4 Å². The lowest BCUT2D eigenvalue weighted by molar-refractivity contribution is 0.0509. The molecule has 29 heavy (non-hydrogen) atoms. The van der Waals surface area contributed by atoms with Gasteiger partial charge in [-0.1, -0.05) is 30.3 Å². The molecule has 0 radical (unpaired) electrons. The first-order valence-electron chi connectivity index (χ1n) is 9.50. The number of hydrogen-bond acceptors (Lipinski definition) is 4. The van der Waals surface area contributed by atoms with E-state index in [4.69, 9.17) is 9.47 Å². The normalized spacial score (nSPS) is 10.8. The molecule has 0 saturated carbocycles. The molecule has 0 saturated heterocycles. The first-order chi connectivity index (χ1) is 14.2. The zero-order chi connectivity index (χ0) is 20.2. The summed E-state index contributed by atoms with van der Waals surface area (Å²) in [5.74, 6) is 1.34. The van der Waals surface area contributed by atoms with E-state index in [2.05, 4.69) is 9.55 Å². The van der Waals surface area contributed by atoms with E-state index >= 15 is 0 Å². The van der Waals surface area contributed by atoms with Crippen LogP contribution in [0.1, 0.15) is 21.7 Å². The summed E-state index contributed by atoms with van der Waals surface area (Å²) in [6.07, 6.45) is 0.653. The van der Waals surface area contributed by atoms with Crippen LogP contribution >= 0.6 is 0 Å². The van der Waals surface area contributed by atoms with Crippen molar-refractivity contribution in [3.05, 3.63) is 89.7 Å². The van der Waals surface area contributed by atoms with Crippen molar-refractivity contribution >= 4 is 17.0 Å². The maximum atomic E-state index is 12.5.